The van der Waals surface area contributed by atoms with Crippen LogP contribution in [0.15, 0.2) is 70.5 Å². The van der Waals surface area contributed by atoms with Crippen LogP contribution in [0.5, 0.6) is 11.5 Å². The van der Waals surface area contributed by atoms with E-state index in [0.717, 1.165) is 11.1 Å². The lowest BCUT2D eigenvalue weighted by Crippen LogP contribution is -2.15. The lowest BCUT2D eigenvalue weighted by molar-refractivity contribution is 0.287. The molecule has 0 saturated heterocycles. The van der Waals surface area contributed by atoms with Gasteiger partial charge in [0, 0.05) is 11.8 Å². The highest BCUT2D eigenvalue weighted by atomic mass is 32.2. The first-order valence-electron chi connectivity index (χ1n) is 10.7. The van der Waals surface area contributed by atoms with Gasteiger partial charge in [0.1, 0.15) is 0 Å². The summed E-state index contributed by atoms with van der Waals surface area (Å²) >= 11 is 0. The Morgan fingerprint density at radius 1 is 0.676 bits per heavy atom. The van der Waals surface area contributed by atoms with Crippen molar-refractivity contribution in [3.8, 4) is 11.5 Å². The molecule has 0 amide bonds. The molecule has 0 bridgehead atoms. The smallest absolute Gasteiger partial charge is 0.262 e. The maximum Gasteiger partial charge on any atom is 0.262 e. The minimum atomic E-state index is -3.94. The summed E-state index contributed by atoms with van der Waals surface area (Å²) in [6, 6.07) is 15.3. The third-order valence-corrected chi connectivity index (χ3v) is 7.70. The van der Waals surface area contributed by atoms with Crippen LogP contribution < -0.4 is 18.9 Å². The van der Waals surface area contributed by atoms with Gasteiger partial charge in [0.05, 0.1) is 28.7 Å². The molecular formula is C24H28N2O6S2. The van der Waals surface area contributed by atoms with Gasteiger partial charge in [0.15, 0.2) is 11.5 Å². The number of sulfonamides is 2. The number of para-hydroxylation sites is 1. The zero-order chi connectivity index (χ0) is 24.9. The fourth-order valence-electron chi connectivity index (χ4n) is 3.28. The maximum atomic E-state index is 12.9. The van der Waals surface area contributed by atoms with Gasteiger partial charge in [-0.1, -0.05) is 18.2 Å². The molecule has 0 unspecified atom stereocenters. The molecule has 0 fully saturated rings. The zero-order valence-corrected chi connectivity index (χ0v) is 21.1. The fraction of sp³-hybridized carbons (Fsp3) is 0.250. The number of rotatable bonds is 10. The van der Waals surface area contributed by atoms with Crippen molar-refractivity contribution in [2.24, 2.45) is 0 Å². The standard InChI is InChI=1S/C24H28N2O6S2/c1-5-31-22-15-14-21(16-23(22)32-6-2)34(29,30)25-19-10-12-20(13-11-19)33(27,28)26-24-17(3)8-7-9-18(24)4/h7-16,25-26H,5-6H2,1-4H3. The summed E-state index contributed by atoms with van der Waals surface area (Å²) in [6.45, 7) is 8.02. The highest BCUT2D eigenvalue weighted by molar-refractivity contribution is 7.93. The summed E-state index contributed by atoms with van der Waals surface area (Å²) in [5.74, 6) is 0.778. The average Bonchev–Trinajstić information content (AvgIpc) is 2.78. The van der Waals surface area contributed by atoms with Crippen molar-refractivity contribution in [1.29, 1.82) is 0 Å². The van der Waals surface area contributed by atoms with Crippen molar-refractivity contribution < 1.29 is 26.3 Å². The number of anilines is 2. The van der Waals surface area contributed by atoms with Gasteiger partial charge < -0.3 is 9.47 Å². The third-order valence-electron chi connectivity index (χ3n) is 4.96. The molecule has 0 heterocycles. The quantitative estimate of drug-likeness (QED) is 0.414. The second kappa shape index (κ2) is 10.4. The van der Waals surface area contributed by atoms with Crippen LogP contribution in [0.1, 0.15) is 25.0 Å². The Morgan fingerprint density at radius 2 is 1.21 bits per heavy atom. The molecule has 3 aromatic carbocycles. The van der Waals surface area contributed by atoms with Gasteiger partial charge in [-0.15, -0.1) is 0 Å². The monoisotopic (exact) mass is 504 g/mol. The molecule has 0 spiro atoms. The number of hydrogen-bond donors (Lipinski definition) is 2. The summed E-state index contributed by atoms with van der Waals surface area (Å²) < 4.78 is 67.5. The Kier molecular flexibility index (Phi) is 7.73. The third kappa shape index (κ3) is 5.81. The lowest BCUT2D eigenvalue weighted by atomic mass is 10.1. The van der Waals surface area contributed by atoms with Gasteiger partial charge in [-0.2, -0.15) is 0 Å². The van der Waals surface area contributed by atoms with E-state index in [-0.39, 0.29) is 15.5 Å². The van der Waals surface area contributed by atoms with Gasteiger partial charge in [0.2, 0.25) is 0 Å². The largest absolute Gasteiger partial charge is 0.490 e. The number of hydrogen-bond acceptors (Lipinski definition) is 6. The normalized spacial score (nSPS) is 11.6. The summed E-state index contributed by atoms with van der Waals surface area (Å²) in [7, 11) is -7.80. The van der Waals surface area contributed by atoms with E-state index in [0.29, 0.717) is 30.4 Å². The number of nitrogens with one attached hydrogen (secondary N) is 2. The van der Waals surface area contributed by atoms with Crippen LogP contribution in [0, 0.1) is 13.8 Å². The average molecular weight is 505 g/mol. The first-order valence-corrected chi connectivity index (χ1v) is 13.7. The molecule has 3 aromatic rings. The zero-order valence-electron chi connectivity index (χ0n) is 19.5. The molecule has 0 saturated carbocycles. The molecule has 0 aliphatic rings. The minimum absolute atomic E-state index is 0.00667. The van der Waals surface area contributed by atoms with Crippen LogP contribution in [-0.2, 0) is 20.0 Å². The van der Waals surface area contributed by atoms with Crippen LogP contribution >= 0.6 is 0 Å². The summed E-state index contributed by atoms with van der Waals surface area (Å²) in [6.07, 6.45) is 0. The van der Waals surface area contributed by atoms with E-state index < -0.39 is 20.0 Å². The van der Waals surface area contributed by atoms with Gasteiger partial charge in [-0.25, -0.2) is 16.8 Å². The van der Waals surface area contributed by atoms with E-state index in [1.54, 1.807) is 6.92 Å². The first-order chi connectivity index (χ1) is 16.1. The fourth-order valence-corrected chi connectivity index (χ4v) is 5.56. The van der Waals surface area contributed by atoms with E-state index in [9.17, 15) is 16.8 Å². The van der Waals surface area contributed by atoms with Crippen LogP contribution in [0.3, 0.4) is 0 Å². The number of ether oxygens (including phenoxy) is 2. The van der Waals surface area contributed by atoms with Crippen molar-refractivity contribution in [3.63, 3.8) is 0 Å². The molecule has 3 rings (SSSR count). The van der Waals surface area contributed by atoms with Crippen molar-refractivity contribution in [1.82, 2.24) is 0 Å². The molecule has 0 aromatic heterocycles. The van der Waals surface area contributed by atoms with Gasteiger partial charge in [-0.3, -0.25) is 9.44 Å². The summed E-state index contributed by atoms with van der Waals surface area (Å²) in [4.78, 5) is 0.00518. The molecule has 182 valence electrons. The Balaban J connectivity index is 1.81. The second-order valence-electron chi connectivity index (χ2n) is 7.48. The van der Waals surface area contributed by atoms with E-state index >= 15 is 0 Å². The second-order valence-corrected chi connectivity index (χ2v) is 10.8. The molecule has 34 heavy (non-hydrogen) atoms. The molecule has 0 aliphatic carbocycles. The maximum absolute atomic E-state index is 12.9. The van der Waals surface area contributed by atoms with Crippen molar-refractivity contribution in [2.75, 3.05) is 22.7 Å². The number of benzene rings is 3. The van der Waals surface area contributed by atoms with Crippen LogP contribution in [0.4, 0.5) is 11.4 Å². The molecule has 0 radical (unpaired) electrons. The Morgan fingerprint density at radius 3 is 1.79 bits per heavy atom. The van der Waals surface area contributed by atoms with E-state index in [1.165, 1.54) is 42.5 Å². The van der Waals surface area contributed by atoms with Crippen molar-refractivity contribution in [2.45, 2.75) is 37.5 Å². The molecule has 8 nitrogen and oxygen atoms in total. The van der Waals surface area contributed by atoms with Crippen LogP contribution in [-0.4, -0.2) is 30.0 Å². The highest BCUT2D eigenvalue weighted by Gasteiger charge is 2.20. The number of aryl methyl sites for hydroxylation is 2. The van der Waals surface area contributed by atoms with Gasteiger partial charge >= 0.3 is 0 Å². The Labute approximate surface area is 201 Å². The lowest BCUT2D eigenvalue weighted by Gasteiger charge is -2.14. The van der Waals surface area contributed by atoms with Crippen molar-refractivity contribution >= 4 is 31.4 Å². The van der Waals surface area contributed by atoms with Gasteiger partial charge in [-0.05, 0) is 75.2 Å². The summed E-state index contributed by atoms with van der Waals surface area (Å²) in [5.41, 5.74) is 2.34. The first kappa shape index (κ1) is 25.4. The Hall–Kier alpha value is -3.24. The molecule has 10 heteroatoms. The topological polar surface area (TPSA) is 111 Å². The SMILES string of the molecule is CCOc1ccc(S(=O)(=O)Nc2ccc(S(=O)(=O)Nc3c(C)cccc3C)cc2)cc1OCC. The van der Waals surface area contributed by atoms with E-state index in [4.69, 9.17) is 9.47 Å². The van der Waals surface area contributed by atoms with E-state index in [2.05, 4.69) is 9.44 Å². The highest BCUT2D eigenvalue weighted by Crippen LogP contribution is 2.31. The predicted molar refractivity (Wildman–Crippen MR) is 133 cm³/mol. The van der Waals surface area contributed by atoms with Crippen LogP contribution in [0.2, 0.25) is 0 Å². The van der Waals surface area contributed by atoms with Crippen LogP contribution in [0.25, 0.3) is 0 Å². The summed E-state index contributed by atoms with van der Waals surface area (Å²) in [5, 5.41) is 0. The van der Waals surface area contributed by atoms with Gasteiger partial charge in [0.25, 0.3) is 20.0 Å². The molecule has 0 aliphatic heterocycles. The van der Waals surface area contributed by atoms with E-state index in [1.807, 2.05) is 39.0 Å². The Bertz CT molecular complexity index is 1350. The van der Waals surface area contributed by atoms with Crippen molar-refractivity contribution in [3.05, 3.63) is 71.8 Å². The molecule has 0 atom stereocenters. The predicted octanol–water partition coefficient (Wildman–Crippen LogP) is 4.70. The molecule has 2 N–H and O–H groups in total. The minimum Gasteiger partial charge on any atom is -0.490 e. The molecular weight excluding hydrogens is 476 g/mol.